The zero-order valence-electron chi connectivity index (χ0n) is 14.5. The molecule has 2 aromatic heterocycles. The Kier molecular flexibility index (Phi) is 4.74. The lowest BCUT2D eigenvalue weighted by Crippen LogP contribution is -2.04. The van der Waals surface area contributed by atoms with E-state index in [9.17, 15) is 0 Å². The lowest BCUT2D eigenvalue weighted by atomic mass is 10.0. The second-order valence-corrected chi connectivity index (χ2v) is 6.72. The summed E-state index contributed by atoms with van der Waals surface area (Å²) in [4.78, 5) is 12.3. The third-order valence-electron chi connectivity index (χ3n) is 4.08. The molecule has 0 radical (unpaired) electrons. The molecule has 2 heterocycles. The van der Waals surface area contributed by atoms with Gasteiger partial charge in [-0.2, -0.15) is 5.10 Å². The minimum Gasteiger partial charge on any atom is -0.485 e. The van der Waals surface area contributed by atoms with Gasteiger partial charge in [-0.1, -0.05) is 35.3 Å². The van der Waals surface area contributed by atoms with E-state index in [-0.39, 0.29) is 34.3 Å². The van der Waals surface area contributed by atoms with Crippen molar-refractivity contribution in [2.24, 2.45) is 7.05 Å². The van der Waals surface area contributed by atoms with Gasteiger partial charge in [-0.15, -0.1) is 0 Å². The predicted molar refractivity (Wildman–Crippen MR) is 105 cm³/mol. The Labute approximate surface area is 168 Å². The van der Waals surface area contributed by atoms with E-state index in [4.69, 9.17) is 33.7 Å². The number of ether oxygens (including phenoxy) is 1. The molecule has 4 aromatic rings. The Bertz CT molecular complexity index is 1200. The Hall–Kier alpha value is -2.97. The molecule has 0 bridgehead atoms. The molecule has 0 saturated heterocycles. The van der Waals surface area contributed by atoms with Crippen LogP contribution in [-0.4, -0.2) is 24.7 Å². The highest BCUT2D eigenvalue weighted by molar-refractivity contribution is 6.44. The summed E-state index contributed by atoms with van der Waals surface area (Å²) in [6.45, 7) is 0.0288. The van der Waals surface area contributed by atoms with Crippen molar-refractivity contribution in [3.05, 3.63) is 58.6 Å². The van der Waals surface area contributed by atoms with E-state index in [1.807, 2.05) is 0 Å². The number of hydrogen-bond acceptors (Lipinski definition) is 6. The van der Waals surface area contributed by atoms with E-state index in [0.29, 0.717) is 21.8 Å². The number of hydrogen-bond donors (Lipinski definition) is 1. The molecule has 28 heavy (non-hydrogen) atoms. The van der Waals surface area contributed by atoms with Gasteiger partial charge >= 0.3 is 0 Å². The van der Waals surface area contributed by atoms with Gasteiger partial charge in [0.05, 0.1) is 20.9 Å². The number of nitrogens with two attached hydrogens (primary N) is 1. The molecule has 0 saturated carbocycles. The average Bonchev–Trinajstić information content (AvgIpc) is 3.08. The van der Waals surface area contributed by atoms with Gasteiger partial charge in [-0.3, -0.25) is 4.68 Å². The lowest BCUT2D eigenvalue weighted by Gasteiger charge is -2.14. The van der Waals surface area contributed by atoms with Crippen LogP contribution in [0.2, 0.25) is 10.0 Å². The second kappa shape index (κ2) is 7.21. The van der Waals surface area contributed by atoms with Gasteiger partial charge in [0, 0.05) is 24.2 Å². The van der Waals surface area contributed by atoms with Crippen LogP contribution in [0.5, 0.6) is 5.75 Å². The number of fused-ring (bicyclic) bond motifs is 1. The molecule has 0 aliphatic rings. The highest BCUT2D eigenvalue weighted by Gasteiger charge is 2.21. The molecule has 0 atom stereocenters. The van der Waals surface area contributed by atoms with Crippen LogP contribution < -0.4 is 10.5 Å². The molecule has 0 fully saturated rings. The third-order valence-corrected chi connectivity index (χ3v) is 4.90. The summed E-state index contributed by atoms with van der Waals surface area (Å²) in [5, 5.41) is 5.01. The van der Waals surface area contributed by atoms with E-state index >= 15 is 4.39 Å². The highest BCUT2D eigenvalue weighted by atomic mass is 35.5. The number of rotatable bonds is 4. The van der Waals surface area contributed by atoms with Crippen molar-refractivity contribution >= 4 is 39.9 Å². The Morgan fingerprint density at radius 1 is 1.21 bits per heavy atom. The van der Waals surface area contributed by atoms with Gasteiger partial charge in [0.1, 0.15) is 36.6 Å². The largest absolute Gasteiger partial charge is 0.485 e. The first-order chi connectivity index (χ1) is 13.5. The summed E-state index contributed by atoms with van der Waals surface area (Å²) in [7, 11) is 1.74. The normalized spacial score (nSPS) is 11.1. The molecule has 2 N–H and O–H groups in total. The fourth-order valence-electron chi connectivity index (χ4n) is 2.86. The molecule has 10 heteroatoms. The first kappa shape index (κ1) is 18.4. The summed E-state index contributed by atoms with van der Waals surface area (Å²) >= 11 is 12.4. The van der Waals surface area contributed by atoms with Crippen molar-refractivity contribution in [3.63, 3.8) is 0 Å². The fourth-order valence-corrected chi connectivity index (χ4v) is 3.26. The van der Waals surface area contributed by atoms with Gasteiger partial charge in [0.2, 0.25) is 0 Å². The van der Waals surface area contributed by atoms with Crippen molar-refractivity contribution in [2.45, 2.75) is 6.61 Å². The van der Waals surface area contributed by atoms with Gasteiger partial charge in [0.15, 0.2) is 5.82 Å². The van der Waals surface area contributed by atoms with E-state index in [1.54, 1.807) is 36.3 Å². The van der Waals surface area contributed by atoms with Gasteiger partial charge in [-0.05, 0) is 6.07 Å². The van der Waals surface area contributed by atoms with Crippen molar-refractivity contribution in [1.82, 2.24) is 24.7 Å². The van der Waals surface area contributed by atoms with Gasteiger partial charge < -0.3 is 10.5 Å². The fraction of sp³-hybridized carbons (Fsp3) is 0.111. The van der Waals surface area contributed by atoms with E-state index in [1.165, 1.54) is 12.4 Å². The van der Waals surface area contributed by atoms with Crippen LogP contribution in [0.3, 0.4) is 0 Å². The van der Waals surface area contributed by atoms with Gasteiger partial charge in [-0.25, -0.2) is 19.3 Å². The van der Waals surface area contributed by atoms with Crippen LogP contribution in [0, 0.1) is 5.82 Å². The number of anilines is 1. The van der Waals surface area contributed by atoms with Crippen LogP contribution in [0.15, 0.2) is 36.9 Å². The standard InChI is InChI=1S/C18H13Cl2FN6O/c1-27-8-25-13(26-27)6-28-12-5-11(21)14(9-3-2-4-10(19)16(9)20)17-15(12)18(22)24-7-23-17/h2-5,7-8H,6H2,1H3,(H2,22,23,24). The summed E-state index contributed by atoms with van der Waals surface area (Å²) in [5.41, 5.74) is 6.87. The number of aryl methyl sites for hydroxylation is 1. The number of benzene rings is 2. The van der Waals surface area contributed by atoms with Crippen LogP contribution in [0.25, 0.3) is 22.0 Å². The summed E-state index contributed by atoms with van der Waals surface area (Å²) in [6.07, 6.45) is 2.79. The van der Waals surface area contributed by atoms with Crippen LogP contribution >= 0.6 is 23.2 Å². The van der Waals surface area contributed by atoms with Gasteiger partial charge in [0.25, 0.3) is 0 Å². The number of halogens is 3. The lowest BCUT2D eigenvalue weighted by molar-refractivity contribution is 0.298. The molecule has 0 spiro atoms. The molecule has 0 unspecified atom stereocenters. The summed E-state index contributed by atoms with van der Waals surface area (Å²) in [6, 6.07) is 6.17. The van der Waals surface area contributed by atoms with Crippen molar-refractivity contribution in [3.8, 4) is 16.9 Å². The monoisotopic (exact) mass is 418 g/mol. The first-order valence-electron chi connectivity index (χ1n) is 8.10. The predicted octanol–water partition coefficient (Wildman–Crippen LogP) is 4.03. The summed E-state index contributed by atoms with van der Waals surface area (Å²) < 4.78 is 22.4. The quantitative estimate of drug-likeness (QED) is 0.537. The first-order valence-corrected chi connectivity index (χ1v) is 8.85. The molecule has 0 aliphatic carbocycles. The number of nitrogen functional groups attached to an aromatic ring is 1. The molecule has 4 rings (SSSR count). The zero-order valence-corrected chi connectivity index (χ0v) is 16.0. The van der Waals surface area contributed by atoms with Crippen molar-refractivity contribution in [1.29, 1.82) is 0 Å². The summed E-state index contributed by atoms with van der Waals surface area (Å²) in [5.74, 6) is 0.181. The number of aromatic nitrogens is 5. The van der Waals surface area contributed by atoms with E-state index in [2.05, 4.69) is 20.1 Å². The molecular weight excluding hydrogens is 406 g/mol. The second-order valence-electron chi connectivity index (χ2n) is 5.94. The maximum atomic E-state index is 15.1. The van der Waals surface area contributed by atoms with Crippen molar-refractivity contribution < 1.29 is 9.13 Å². The molecule has 0 aliphatic heterocycles. The Morgan fingerprint density at radius 2 is 2.04 bits per heavy atom. The van der Waals surface area contributed by atoms with Crippen LogP contribution in [0.1, 0.15) is 5.82 Å². The molecular formula is C18H13Cl2FN6O. The van der Waals surface area contributed by atoms with Crippen molar-refractivity contribution in [2.75, 3.05) is 5.73 Å². The SMILES string of the molecule is Cn1cnc(COc2cc(F)c(-c3cccc(Cl)c3Cl)c3ncnc(N)c23)n1. The van der Waals surface area contributed by atoms with E-state index in [0.717, 1.165) is 0 Å². The minimum absolute atomic E-state index is 0.0288. The molecule has 7 nitrogen and oxygen atoms in total. The third kappa shape index (κ3) is 3.21. The zero-order chi connectivity index (χ0) is 19.8. The maximum absolute atomic E-state index is 15.1. The van der Waals surface area contributed by atoms with Crippen LogP contribution in [-0.2, 0) is 13.7 Å². The Morgan fingerprint density at radius 3 is 2.79 bits per heavy atom. The van der Waals surface area contributed by atoms with E-state index < -0.39 is 5.82 Å². The smallest absolute Gasteiger partial charge is 0.188 e. The topological polar surface area (TPSA) is 91.7 Å². The maximum Gasteiger partial charge on any atom is 0.188 e. The minimum atomic E-state index is -0.584. The average molecular weight is 419 g/mol. The van der Waals surface area contributed by atoms with Crippen LogP contribution in [0.4, 0.5) is 10.2 Å². The molecule has 0 amide bonds. The highest BCUT2D eigenvalue weighted by Crippen LogP contribution is 2.42. The molecule has 142 valence electrons. The number of nitrogens with zero attached hydrogens (tertiary/aromatic N) is 5. The molecule has 2 aromatic carbocycles. The Balaban J connectivity index is 1.88.